The second kappa shape index (κ2) is 8.94. The molecule has 3 heterocycles. The number of carbonyl (C=O) groups excluding carboxylic acids is 1. The summed E-state index contributed by atoms with van der Waals surface area (Å²) in [5.41, 5.74) is 0.0363. The van der Waals surface area contributed by atoms with Crippen molar-refractivity contribution in [2.75, 3.05) is 11.6 Å². The first-order chi connectivity index (χ1) is 15.3. The summed E-state index contributed by atoms with van der Waals surface area (Å²) in [7, 11) is -4.04. The molecule has 2 amide bonds. The molecule has 3 aromatic heterocycles. The maximum atomic E-state index is 12.9. The van der Waals surface area contributed by atoms with Gasteiger partial charge in [0.1, 0.15) is 10.0 Å². The Morgan fingerprint density at radius 1 is 1.16 bits per heavy atom. The third-order valence-corrected chi connectivity index (χ3v) is 8.19. The fourth-order valence-electron chi connectivity index (χ4n) is 2.90. The molecule has 0 radical (unpaired) electrons. The molecule has 0 saturated carbocycles. The summed E-state index contributed by atoms with van der Waals surface area (Å²) < 4.78 is 27.9. The lowest BCUT2D eigenvalue weighted by Crippen LogP contribution is -2.34. The number of amides is 2. The Hall–Kier alpha value is -2.86. The quantitative estimate of drug-likeness (QED) is 0.390. The first-order valence-electron chi connectivity index (χ1n) is 9.02. The van der Waals surface area contributed by atoms with Gasteiger partial charge in [0.25, 0.3) is 15.6 Å². The summed E-state index contributed by atoms with van der Waals surface area (Å²) >= 11 is 8.13. The molecule has 8 nitrogen and oxygen atoms in total. The number of nitrogens with one attached hydrogen (secondary N) is 2. The Morgan fingerprint density at radius 3 is 2.62 bits per heavy atom. The average molecular weight is 507 g/mol. The number of nitrogens with zero attached hydrogens (tertiary/aromatic N) is 2. The van der Waals surface area contributed by atoms with E-state index in [9.17, 15) is 18.0 Å². The van der Waals surface area contributed by atoms with Gasteiger partial charge in [-0.15, -0.1) is 23.1 Å². The Balaban J connectivity index is 1.53. The van der Waals surface area contributed by atoms with Crippen LogP contribution in [0.15, 0.2) is 74.8 Å². The lowest BCUT2D eigenvalue weighted by Gasteiger charge is -2.10. The SMILES string of the molecule is CSc1ccc2ccn(-c3ccc(NC(=O)NS(=O)(=O)c4ccc(Cl)s4)cn3)c(=O)c2c1. The number of halogens is 1. The number of urea groups is 1. The van der Waals surface area contributed by atoms with Crippen molar-refractivity contribution in [3.63, 3.8) is 0 Å². The van der Waals surface area contributed by atoms with Gasteiger partial charge < -0.3 is 5.32 Å². The molecule has 0 fully saturated rings. The van der Waals surface area contributed by atoms with Crippen LogP contribution in [-0.2, 0) is 10.0 Å². The van der Waals surface area contributed by atoms with Gasteiger partial charge >= 0.3 is 6.03 Å². The number of anilines is 1. The zero-order valence-electron chi connectivity index (χ0n) is 16.4. The number of carbonyl (C=O) groups is 1. The number of pyridine rings is 2. The van der Waals surface area contributed by atoms with E-state index in [-0.39, 0.29) is 15.5 Å². The molecule has 1 aromatic carbocycles. The highest BCUT2D eigenvalue weighted by molar-refractivity contribution is 7.98. The van der Waals surface area contributed by atoms with Gasteiger partial charge in [0.2, 0.25) is 0 Å². The molecule has 0 bridgehead atoms. The van der Waals surface area contributed by atoms with Crippen LogP contribution in [0.4, 0.5) is 10.5 Å². The number of fused-ring (bicyclic) bond motifs is 1. The second-order valence-electron chi connectivity index (χ2n) is 6.47. The highest BCUT2D eigenvalue weighted by Crippen LogP contribution is 2.25. The maximum absolute atomic E-state index is 12.9. The molecule has 0 atom stereocenters. The molecule has 4 rings (SSSR count). The van der Waals surface area contributed by atoms with Crippen molar-refractivity contribution >= 4 is 67.2 Å². The summed E-state index contributed by atoms with van der Waals surface area (Å²) in [6, 6.07) is 12.4. The van der Waals surface area contributed by atoms with E-state index >= 15 is 0 Å². The molecule has 4 aromatic rings. The number of rotatable bonds is 5. The molecular formula is C20H15ClN4O4S3. The molecule has 164 valence electrons. The summed E-state index contributed by atoms with van der Waals surface area (Å²) in [6.45, 7) is 0. The molecule has 0 unspecified atom stereocenters. The van der Waals surface area contributed by atoms with Crippen LogP contribution in [0.2, 0.25) is 4.34 Å². The fourth-order valence-corrected chi connectivity index (χ4v) is 5.73. The molecule has 0 aliphatic carbocycles. The monoisotopic (exact) mass is 506 g/mol. The van der Waals surface area contributed by atoms with Crippen molar-refractivity contribution in [3.8, 4) is 5.82 Å². The van der Waals surface area contributed by atoms with Gasteiger partial charge in [-0.2, -0.15) is 0 Å². The van der Waals surface area contributed by atoms with Crippen molar-refractivity contribution in [2.24, 2.45) is 0 Å². The van der Waals surface area contributed by atoms with Crippen molar-refractivity contribution in [2.45, 2.75) is 9.10 Å². The molecular weight excluding hydrogens is 492 g/mol. The zero-order chi connectivity index (χ0) is 22.9. The largest absolute Gasteiger partial charge is 0.333 e. The Bertz CT molecular complexity index is 1480. The average Bonchev–Trinajstić information content (AvgIpc) is 3.21. The van der Waals surface area contributed by atoms with Crippen LogP contribution < -0.4 is 15.6 Å². The summed E-state index contributed by atoms with van der Waals surface area (Å²) in [4.78, 5) is 30.2. The van der Waals surface area contributed by atoms with Gasteiger partial charge in [-0.1, -0.05) is 17.7 Å². The second-order valence-corrected chi connectivity index (χ2v) is 11.0. The van der Waals surface area contributed by atoms with Crippen molar-refractivity contribution in [3.05, 3.63) is 75.6 Å². The third-order valence-electron chi connectivity index (χ3n) is 4.41. The van der Waals surface area contributed by atoms with E-state index in [0.717, 1.165) is 21.6 Å². The summed E-state index contributed by atoms with van der Waals surface area (Å²) in [6.07, 6.45) is 4.90. The van der Waals surface area contributed by atoms with Gasteiger partial charge in [-0.25, -0.2) is 22.9 Å². The molecule has 12 heteroatoms. The lowest BCUT2D eigenvalue weighted by molar-refractivity contribution is 0.256. The van der Waals surface area contributed by atoms with Gasteiger partial charge in [-0.05, 0) is 54.1 Å². The molecule has 0 aliphatic heterocycles. The van der Waals surface area contributed by atoms with Crippen LogP contribution >= 0.6 is 34.7 Å². The molecule has 2 N–H and O–H groups in total. The van der Waals surface area contributed by atoms with E-state index in [1.165, 1.54) is 29.0 Å². The number of benzene rings is 1. The number of aromatic nitrogens is 2. The predicted molar refractivity (Wildman–Crippen MR) is 128 cm³/mol. The van der Waals surface area contributed by atoms with E-state index in [4.69, 9.17) is 11.6 Å². The molecule has 0 saturated heterocycles. The van der Waals surface area contributed by atoms with Gasteiger partial charge in [0.05, 0.1) is 16.2 Å². The maximum Gasteiger partial charge on any atom is 0.333 e. The van der Waals surface area contributed by atoms with Crippen LogP contribution in [0.3, 0.4) is 0 Å². The Morgan fingerprint density at radius 2 is 1.97 bits per heavy atom. The smallest absolute Gasteiger partial charge is 0.306 e. The van der Waals surface area contributed by atoms with Crippen LogP contribution in [0.5, 0.6) is 0 Å². The lowest BCUT2D eigenvalue weighted by atomic mass is 10.2. The number of hydrogen-bond donors (Lipinski definition) is 2. The van der Waals surface area contributed by atoms with E-state index in [0.29, 0.717) is 15.5 Å². The molecule has 0 spiro atoms. The first kappa shape index (κ1) is 22.3. The van der Waals surface area contributed by atoms with E-state index < -0.39 is 16.1 Å². The van der Waals surface area contributed by atoms with Gasteiger partial charge in [-0.3, -0.25) is 9.36 Å². The Kier molecular flexibility index (Phi) is 6.24. The topological polar surface area (TPSA) is 110 Å². The molecule has 32 heavy (non-hydrogen) atoms. The minimum absolute atomic E-state index is 0.0774. The van der Waals surface area contributed by atoms with Crippen molar-refractivity contribution < 1.29 is 13.2 Å². The standard InChI is InChI=1S/C20H15ClN4O4S3/c1-30-14-4-2-12-8-9-25(19(26)15(12)10-14)17-6-3-13(11-22-17)23-20(27)24-32(28,29)18-7-5-16(21)31-18/h2-11H,1H3,(H2,23,24,27). The third kappa shape index (κ3) is 4.65. The number of thioether (sulfide) groups is 1. The normalized spacial score (nSPS) is 11.4. The molecule has 0 aliphatic rings. The van der Waals surface area contributed by atoms with Gasteiger partial charge in [0, 0.05) is 16.5 Å². The minimum Gasteiger partial charge on any atom is -0.306 e. The summed E-state index contributed by atoms with van der Waals surface area (Å²) in [5.74, 6) is 0.360. The van der Waals surface area contributed by atoms with Crippen molar-refractivity contribution in [1.29, 1.82) is 0 Å². The summed E-state index contributed by atoms with van der Waals surface area (Å²) in [5, 5.41) is 3.80. The van der Waals surface area contributed by atoms with Crippen LogP contribution in [0.1, 0.15) is 0 Å². The number of hydrogen-bond acceptors (Lipinski definition) is 7. The highest BCUT2D eigenvalue weighted by Gasteiger charge is 2.20. The van der Waals surface area contributed by atoms with Crippen molar-refractivity contribution in [1.82, 2.24) is 14.3 Å². The van der Waals surface area contributed by atoms with E-state index in [1.807, 2.05) is 35.2 Å². The van der Waals surface area contributed by atoms with Gasteiger partial charge in [0.15, 0.2) is 0 Å². The van der Waals surface area contributed by atoms with E-state index in [1.54, 1.807) is 24.0 Å². The number of thiophene rings is 1. The minimum atomic E-state index is -4.04. The number of sulfonamides is 1. The van der Waals surface area contributed by atoms with Crippen LogP contribution in [-0.4, -0.2) is 30.3 Å². The van der Waals surface area contributed by atoms with Crippen LogP contribution in [0, 0.1) is 0 Å². The van der Waals surface area contributed by atoms with Crippen LogP contribution in [0.25, 0.3) is 16.6 Å². The fraction of sp³-hybridized carbons (Fsp3) is 0.0500. The first-order valence-corrected chi connectivity index (χ1v) is 12.9. The van der Waals surface area contributed by atoms with E-state index in [2.05, 4.69) is 10.3 Å². The Labute approximate surface area is 196 Å². The predicted octanol–water partition coefficient (Wildman–Crippen LogP) is 4.33. The zero-order valence-corrected chi connectivity index (χ0v) is 19.6. The highest BCUT2D eigenvalue weighted by atomic mass is 35.5.